The van der Waals surface area contributed by atoms with E-state index >= 15 is 0 Å². The van der Waals surface area contributed by atoms with Gasteiger partial charge < -0.3 is 20.1 Å². The number of hydrogen-bond donors (Lipinski definition) is 1. The summed E-state index contributed by atoms with van der Waals surface area (Å²) in [6, 6.07) is 5.82. The second kappa shape index (κ2) is 8.62. The second-order valence-electron chi connectivity index (χ2n) is 8.35. The third kappa shape index (κ3) is 3.94. The topological polar surface area (TPSA) is 67.4 Å². The van der Waals surface area contributed by atoms with E-state index in [2.05, 4.69) is 27.4 Å². The van der Waals surface area contributed by atoms with Gasteiger partial charge in [0.05, 0.1) is 11.1 Å². The highest BCUT2D eigenvalue weighted by Gasteiger charge is 2.29. The number of primary amides is 1. The molecule has 0 radical (unpaired) electrons. The fourth-order valence-corrected chi connectivity index (χ4v) is 4.90. The first-order valence-corrected chi connectivity index (χ1v) is 10.9. The van der Waals surface area contributed by atoms with Gasteiger partial charge in [-0.15, -0.1) is 0 Å². The number of fused-ring (bicyclic) bond motifs is 1. The number of nitrogens with two attached hydrogens (primary N) is 1. The smallest absolute Gasteiger partial charge is 0.250 e. The van der Waals surface area contributed by atoms with Gasteiger partial charge in [-0.25, -0.2) is 4.98 Å². The average molecular weight is 384 g/mol. The highest BCUT2D eigenvalue weighted by Crippen LogP contribution is 2.31. The Bertz CT molecular complexity index is 824. The molecule has 0 spiro atoms. The molecule has 2 aliphatic heterocycles. The third-order valence-corrected chi connectivity index (χ3v) is 6.34. The van der Waals surface area contributed by atoms with Crippen molar-refractivity contribution in [2.24, 2.45) is 5.73 Å². The molecule has 2 fully saturated rings. The van der Waals surface area contributed by atoms with E-state index in [4.69, 9.17) is 10.7 Å². The molecule has 0 bridgehead atoms. The van der Waals surface area contributed by atoms with E-state index in [9.17, 15) is 4.79 Å². The lowest BCUT2D eigenvalue weighted by Crippen LogP contribution is -2.33. The van der Waals surface area contributed by atoms with E-state index in [0.717, 1.165) is 56.0 Å². The predicted octanol–water partition coefficient (Wildman–Crippen LogP) is 2.82. The molecule has 2 aliphatic rings. The highest BCUT2D eigenvalue weighted by molar-refractivity contribution is 6.04. The molecule has 0 aliphatic carbocycles. The monoisotopic (exact) mass is 383 g/mol. The minimum Gasteiger partial charge on any atom is -0.366 e. The SMILES string of the molecule is CCCN1CCC(c2nc3c(C(N)=O)cccc3n2CCN2CCCCC2)C1. The molecule has 1 unspecified atom stereocenters. The Hall–Kier alpha value is -1.92. The first kappa shape index (κ1) is 19.4. The molecule has 4 rings (SSSR count). The van der Waals surface area contributed by atoms with Gasteiger partial charge in [0, 0.05) is 25.6 Å². The number of carbonyl (C=O) groups is 1. The van der Waals surface area contributed by atoms with E-state index in [1.807, 2.05) is 6.07 Å². The van der Waals surface area contributed by atoms with Gasteiger partial charge in [-0.2, -0.15) is 0 Å². The maximum Gasteiger partial charge on any atom is 0.250 e. The maximum atomic E-state index is 12.0. The van der Waals surface area contributed by atoms with E-state index < -0.39 is 5.91 Å². The van der Waals surface area contributed by atoms with Crippen molar-refractivity contribution >= 4 is 16.9 Å². The van der Waals surface area contributed by atoms with Crippen LogP contribution in [0.3, 0.4) is 0 Å². The molecule has 0 saturated carbocycles. The van der Waals surface area contributed by atoms with Crippen molar-refractivity contribution < 1.29 is 4.79 Å². The lowest BCUT2D eigenvalue weighted by molar-refractivity contribution is 0.100. The van der Waals surface area contributed by atoms with Gasteiger partial charge in [-0.05, 0) is 64.0 Å². The number of likely N-dealkylation sites (tertiary alicyclic amines) is 2. The van der Waals surface area contributed by atoms with Crippen LogP contribution in [0.15, 0.2) is 18.2 Å². The number of piperidine rings is 1. The van der Waals surface area contributed by atoms with Crippen LogP contribution in [0.5, 0.6) is 0 Å². The minimum atomic E-state index is -0.392. The number of imidazole rings is 1. The van der Waals surface area contributed by atoms with Crippen LogP contribution in [0.25, 0.3) is 11.0 Å². The van der Waals surface area contributed by atoms with Crippen molar-refractivity contribution in [1.82, 2.24) is 19.4 Å². The standard InChI is InChI=1S/C22H33N5O/c1-2-10-26-13-9-17(16-26)22-24-20-18(21(23)28)7-6-8-19(20)27(22)15-14-25-11-4-3-5-12-25/h6-8,17H,2-5,9-16H2,1H3,(H2,23,28). The maximum absolute atomic E-state index is 12.0. The van der Waals surface area contributed by atoms with Crippen molar-refractivity contribution in [3.05, 3.63) is 29.6 Å². The van der Waals surface area contributed by atoms with Gasteiger partial charge in [0.15, 0.2) is 0 Å². The molecule has 1 atom stereocenters. The number of benzene rings is 1. The second-order valence-corrected chi connectivity index (χ2v) is 8.35. The fourth-order valence-electron chi connectivity index (χ4n) is 4.90. The summed E-state index contributed by atoms with van der Waals surface area (Å²) in [5.41, 5.74) is 8.01. The van der Waals surface area contributed by atoms with Crippen molar-refractivity contribution in [2.75, 3.05) is 39.3 Å². The van der Waals surface area contributed by atoms with Crippen LogP contribution in [0.4, 0.5) is 0 Å². The zero-order chi connectivity index (χ0) is 19.5. The van der Waals surface area contributed by atoms with E-state index in [1.54, 1.807) is 6.07 Å². The normalized spacial score (nSPS) is 21.5. The number of nitrogens with zero attached hydrogens (tertiary/aromatic N) is 4. The van der Waals surface area contributed by atoms with Gasteiger partial charge >= 0.3 is 0 Å². The van der Waals surface area contributed by atoms with Crippen LogP contribution in [-0.2, 0) is 6.54 Å². The Labute approximate surface area is 167 Å². The number of rotatable bonds is 7. The number of para-hydroxylation sites is 1. The number of carbonyl (C=O) groups excluding carboxylic acids is 1. The number of hydrogen-bond acceptors (Lipinski definition) is 4. The van der Waals surface area contributed by atoms with E-state index in [1.165, 1.54) is 38.8 Å². The molecule has 1 aromatic carbocycles. The fraction of sp³-hybridized carbons (Fsp3) is 0.636. The third-order valence-electron chi connectivity index (χ3n) is 6.34. The molecule has 6 nitrogen and oxygen atoms in total. The first-order valence-electron chi connectivity index (χ1n) is 10.9. The molecule has 1 aromatic heterocycles. The lowest BCUT2D eigenvalue weighted by Gasteiger charge is -2.27. The molecule has 3 heterocycles. The van der Waals surface area contributed by atoms with Gasteiger partial charge in [0.25, 0.3) is 5.91 Å². The van der Waals surface area contributed by atoms with Crippen LogP contribution in [0.2, 0.25) is 0 Å². The van der Waals surface area contributed by atoms with Gasteiger partial charge in [0.1, 0.15) is 11.3 Å². The van der Waals surface area contributed by atoms with Crippen LogP contribution in [0.1, 0.15) is 61.1 Å². The van der Waals surface area contributed by atoms with Crippen LogP contribution in [0, 0.1) is 0 Å². The van der Waals surface area contributed by atoms with Crippen LogP contribution < -0.4 is 5.73 Å². The Balaban J connectivity index is 1.65. The van der Waals surface area contributed by atoms with E-state index in [-0.39, 0.29) is 0 Å². The Kier molecular flexibility index (Phi) is 5.97. The zero-order valence-corrected chi connectivity index (χ0v) is 17.1. The molecule has 2 aromatic rings. The molecule has 2 saturated heterocycles. The molecular weight excluding hydrogens is 350 g/mol. The summed E-state index contributed by atoms with van der Waals surface area (Å²) in [6.45, 7) is 9.95. The van der Waals surface area contributed by atoms with Crippen molar-refractivity contribution in [3.8, 4) is 0 Å². The Morgan fingerprint density at radius 3 is 2.68 bits per heavy atom. The number of amides is 1. The van der Waals surface area contributed by atoms with E-state index in [0.29, 0.717) is 11.5 Å². The quantitative estimate of drug-likeness (QED) is 0.798. The largest absolute Gasteiger partial charge is 0.366 e. The Morgan fingerprint density at radius 1 is 1.11 bits per heavy atom. The average Bonchev–Trinajstić information content (AvgIpc) is 3.31. The highest BCUT2D eigenvalue weighted by atomic mass is 16.1. The molecule has 2 N–H and O–H groups in total. The van der Waals surface area contributed by atoms with Gasteiger partial charge in [-0.3, -0.25) is 4.79 Å². The van der Waals surface area contributed by atoms with Gasteiger partial charge in [0.2, 0.25) is 0 Å². The summed E-state index contributed by atoms with van der Waals surface area (Å²) in [5.74, 6) is 1.18. The molecular formula is C22H33N5O. The van der Waals surface area contributed by atoms with Crippen LogP contribution in [-0.4, -0.2) is 64.5 Å². The summed E-state index contributed by atoms with van der Waals surface area (Å²) in [4.78, 5) is 22.0. The number of aromatic nitrogens is 2. The minimum absolute atomic E-state index is 0.392. The summed E-state index contributed by atoms with van der Waals surface area (Å²) in [7, 11) is 0. The van der Waals surface area contributed by atoms with Crippen molar-refractivity contribution in [2.45, 2.75) is 51.5 Å². The predicted molar refractivity (Wildman–Crippen MR) is 113 cm³/mol. The summed E-state index contributed by atoms with van der Waals surface area (Å²) >= 11 is 0. The van der Waals surface area contributed by atoms with Crippen molar-refractivity contribution in [1.29, 1.82) is 0 Å². The lowest BCUT2D eigenvalue weighted by atomic mass is 10.1. The molecule has 152 valence electrons. The summed E-state index contributed by atoms with van der Waals surface area (Å²) in [5, 5.41) is 0. The molecule has 6 heteroatoms. The Morgan fingerprint density at radius 2 is 1.93 bits per heavy atom. The summed E-state index contributed by atoms with van der Waals surface area (Å²) in [6.07, 6.45) is 6.28. The molecule has 1 amide bonds. The summed E-state index contributed by atoms with van der Waals surface area (Å²) < 4.78 is 2.37. The zero-order valence-electron chi connectivity index (χ0n) is 17.1. The molecule has 28 heavy (non-hydrogen) atoms. The van der Waals surface area contributed by atoms with Crippen molar-refractivity contribution in [3.63, 3.8) is 0 Å². The first-order chi connectivity index (χ1) is 13.7. The van der Waals surface area contributed by atoms with Gasteiger partial charge in [-0.1, -0.05) is 19.4 Å². The van der Waals surface area contributed by atoms with Crippen LogP contribution >= 0.6 is 0 Å².